The Bertz CT molecular complexity index is 385. The molecule has 0 bridgehead atoms. The maximum Gasteiger partial charge on any atom is 0.261 e. The smallest absolute Gasteiger partial charge is 0.261 e. The van der Waals surface area contributed by atoms with E-state index in [-0.39, 0.29) is 6.10 Å². The van der Waals surface area contributed by atoms with E-state index in [4.69, 9.17) is 20.9 Å². The standard InChI is InChI=1S/C11H16NO2PS/c1-13-15(16)12-9-11(14-15)8-7-10-5-3-2-4-6-10/h2-6,11H,7-9H2,1H3,(H,12,16). The Morgan fingerprint density at radius 3 is 2.88 bits per heavy atom. The van der Waals surface area contributed by atoms with E-state index in [0.717, 1.165) is 19.4 Å². The molecular weight excluding hydrogens is 241 g/mol. The third-order valence-corrected chi connectivity index (χ3v) is 5.36. The highest BCUT2D eigenvalue weighted by Crippen LogP contribution is 2.48. The summed E-state index contributed by atoms with van der Waals surface area (Å²) in [6, 6.07) is 10.4. The van der Waals surface area contributed by atoms with Crippen molar-refractivity contribution in [1.82, 2.24) is 5.09 Å². The van der Waals surface area contributed by atoms with Crippen LogP contribution in [0.25, 0.3) is 0 Å². The van der Waals surface area contributed by atoms with E-state index in [9.17, 15) is 0 Å². The van der Waals surface area contributed by atoms with E-state index in [2.05, 4.69) is 29.4 Å². The molecule has 1 heterocycles. The molecule has 1 aliphatic heterocycles. The number of nitrogens with one attached hydrogen (secondary N) is 1. The topological polar surface area (TPSA) is 30.5 Å². The van der Waals surface area contributed by atoms with Gasteiger partial charge < -0.3 is 9.05 Å². The van der Waals surface area contributed by atoms with E-state index in [1.54, 1.807) is 7.11 Å². The molecule has 0 amide bonds. The van der Waals surface area contributed by atoms with Gasteiger partial charge in [-0.05, 0) is 30.2 Å². The third kappa shape index (κ3) is 3.12. The van der Waals surface area contributed by atoms with Gasteiger partial charge in [0.2, 0.25) is 0 Å². The van der Waals surface area contributed by atoms with Gasteiger partial charge in [0, 0.05) is 13.7 Å². The Labute approximate surface area is 101 Å². The van der Waals surface area contributed by atoms with Gasteiger partial charge in [0.05, 0.1) is 6.10 Å². The molecule has 1 N–H and O–H groups in total. The molecule has 3 nitrogen and oxygen atoms in total. The third-order valence-electron chi connectivity index (χ3n) is 2.64. The summed E-state index contributed by atoms with van der Waals surface area (Å²) in [5.74, 6) is 0. The fourth-order valence-electron chi connectivity index (χ4n) is 1.72. The first-order valence-electron chi connectivity index (χ1n) is 5.35. The van der Waals surface area contributed by atoms with Crippen molar-refractivity contribution in [2.45, 2.75) is 18.9 Å². The molecule has 0 saturated carbocycles. The second-order valence-electron chi connectivity index (χ2n) is 3.79. The highest BCUT2D eigenvalue weighted by molar-refractivity contribution is 8.09. The Morgan fingerprint density at radius 2 is 2.25 bits per heavy atom. The molecular formula is C11H16NO2PS. The van der Waals surface area contributed by atoms with Gasteiger partial charge in [-0.3, -0.25) is 0 Å². The summed E-state index contributed by atoms with van der Waals surface area (Å²) >= 11 is 5.23. The predicted octanol–water partition coefficient (Wildman–Crippen LogP) is 2.48. The summed E-state index contributed by atoms with van der Waals surface area (Å²) < 4.78 is 10.9. The average molecular weight is 257 g/mol. The molecule has 1 fully saturated rings. The summed E-state index contributed by atoms with van der Waals surface area (Å²) in [5, 5.41) is 3.15. The van der Waals surface area contributed by atoms with Crippen molar-refractivity contribution in [1.29, 1.82) is 0 Å². The van der Waals surface area contributed by atoms with Crippen molar-refractivity contribution < 1.29 is 9.05 Å². The lowest BCUT2D eigenvalue weighted by atomic mass is 10.1. The Hall–Kier alpha value is -0.250. The van der Waals surface area contributed by atoms with Crippen molar-refractivity contribution in [2.24, 2.45) is 0 Å². The van der Waals surface area contributed by atoms with Crippen LogP contribution in [0.2, 0.25) is 0 Å². The van der Waals surface area contributed by atoms with E-state index in [0.29, 0.717) is 0 Å². The number of rotatable bonds is 4. The van der Waals surface area contributed by atoms with Gasteiger partial charge in [-0.2, -0.15) is 0 Å². The predicted molar refractivity (Wildman–Crippen MR) is 68.9 cm³/mol. The van der Waals surface area contributed by atoms with Crippen LogP contribution in [0.4, 0.5) is 0 Å². The van der Waals surface area contributed by atoms with Crippen LogP contribution in [-0.2, 0) is 27.3 Å². The zero-order valence-electron chi connectivity index (χ0n) is 9.26. The lowest BCUT2D eigenvalue weighted by molar-refractivity contribution is 0.219. The summed E-state index contributed by atoms with van der Waals surface area (Å²) in [7, 11) is 1.60. The Kier molecular flexibility index (Phi) is 4.11. The number of benzene rings is 1. The van der Waals surface area contributed by atoms with E-state index >= 15 is 0 Å². The first-order valence-corrected chi connectivity index (χ1v) is 7.99. The minimum atomic E-state index is -2.14. The summed E-state index contributed by atoms with van der Waals surface area (Å²) in [6.45, 7) is -1.34. The van der Waals surface area contributed by atoms with Gasteiger partial charge in [0.1, 0.15) is 0 Å². The summed E-state index contributed by atoms with van der Waals surface area (Å²) in [6.07, 6.45) is 2.19. The van der Waals surface area contributed by atoms with Gasteiger partial charge in [-0.25, -0.2) is 5.09 Å². The largest absolute Gasteiger partial charge is 0.321 e. The molecule has 0 aliphatic carbocycles. The maximum absolute atomic E-state index is 5.71. The minimum absolute atomic E-state index is 0.186. The fraction of sp³-hybridized carbons (Fsp3) is 0.455. The molecule has 0 spiro atoms. The van der Waals surface area contributed by atoms with Crippen LogP contribution in [0.3, 0.4) is 0 Å². The molecule has 2 unspecified atom stereocenters. The van der Waals surface area contributed by atoms with Crippen LogP contribution in [0.1, 0.15) is 12.0 Å². The SMILES string of the molecule is COP1(=S)NCC(CCc2ccccc2)O1. The number of hydrogen-bond donors (Lipinski definition) is 1. The van der Waals surface area contributed by atoms with E-state index < -0.39 is 6.64 Å². The molecule has 0 radical (unpaired) electrons. The summed E-state index contributed by atoms with van der Waals surface area (Å²) in [4.78, 5) is 0. The highest BCUT2D eigenvalue weighted by Gasteiger charge is 2.30. The molecule has 2 atom stereocenters. The van der Waals surface area contributed by atoms with Gasteiger partial charge in [-0.1, -0.05) is 30.3 Å². The molecule has 88 valence electrons. The van der Waals surface area contributed by atoms with Crippen LogP contribution in [-0.4, -0.2) is 19.8 Å². The Morgan fingerprint density at radius 1 is 1.50 bits per heavy atom. The molecule has 16 heavy (non-hydrogen) atoms. The van der Waals surface area contributed by atoms with Gasteiger partial charge >= 0.3 is 0 Å². The molecule has 1 aromatic rings. The molecule has 2 rings (SSSR count). The van der Waals surface area contributed by atoms with Crippen molar-refractivity contribution in [3.63, 3.8) is 0 Å². The van der Waals surface area contributed by atoms with E-state index in [1.807, 2.05) is 6.07 Å². The number of aryl methyl sites for hydroxylation is 1. The van der Waals surface area contributed by atoms with Crippen molar-refractivity contribution in [3.8, 4) is 0 Å². The zero-order chi connectivity index (χ0) is 11.4. The number of hydrogen-bond acceptors (Lipinski definition) is 3. The average Bonchev–Trinajstić information content (AvgIpc) is 2.71. The highest BCUT2D eigenvalue weighted by atomic mass is 32.5. The van der Waals surface area contributed by atoms with Crippen molar-refractivity contribution in [3.05, 3.63) is 35.9 Å². The fourth-order valence-corrected chi connectivity index (χ4v) is 3.60. The van der Waals surface area contributed by atoms with Crippen LogP contribution >= 0.6 is 6.64 Å². The van der Waals surface area contributed by atoms with Crippen molar-refractivity contribution in [2.75, 3.05) is 13.7 Å². The molecule has 1 saturated heterocycles. The molecule has 1 aromatic carbocycles. The van der Waals surface area contributed by atoms with E-state index in [1.165, 1.54) is 5.56 Å². The second kappa shape index (κ2) is 5.39. The van der Waals surface area contributed by atoms with Crippen LogP contribution in [0.5, 0.6) is 0 Å². The van der Waals surface area contributed by atoms with Gasteiger partial charge in [-0.15, -0.1) is 0 Å². The Balaban J connectivity index is 1.83. The van der Waals surface area contributed by atoms with Gasteiger partial charge in [0.15, 0.2) is 0 Å². The molecule has 1 aliphatic rings. The second-order valence-corrected chi connectivity index (χ2v) is 7.12. The molecule has 0 aromatic heterocycles. The first kappa shape index (κ1) is 12.2. The van der Waals surface area contributed by atoms with Crippen LogP contribution in [0, 0.1) is 0 Å². The summed E-state index contributed by atoms with van der Waals surface area (Å²) in [5.41, 5.74) is 1.34. The monoisotopic (exact) mass is 257 g/mol. The first-order chi connectivity index (χ1) is 7.72. The zero-order valence-corrected chi connectivity index (χ0v) is 11.0. The maximum atomic E-state index is 5.71. The van der Waals surface area contributed by atoms with Crippen LogP contribution < -0.4 is 5.09 Å². The van der Waals surface area contributed by atoms with Gasteiger partial charge in [0.25, 0.3) is 6.64 Å². The quantitative estimate of drug-likeness (QED) is 0.839. The van der Waals surface area contributed by atoms with Crippen LogP contribution in [0.15, 0.2) is 30.3 Å². The normalized spacial score (nSPS) is 29.4. The minimum Gasteiger partial charge on any atom is -0.321 e. The lowest BCUT2D eigenvalue weighted by Crippen LogP contribution is -2.14. The molecule has 5 heteroatoms. The van der Waals surface area contributed by atoms with Crippen molar-refractivity contribution >= 4 is 18.4 Å². The lowest BCUT2D eigenvalue weighted by Gasteiger charge is -2.13.